The third kappa shape index (κ3) is 9.47. The molecule has 0 heterocycles. The van der Waals surface area contributed by atoms with Gasteiger partial charge in [-0.05, 0) is 5.92 Å². The third-order valence-electron chi connectivity index (χ3n) is 3.46. The van der Waals surface area contributed by atoms with Crippen LogP contribution < -0.4 is 33.2 Å². The minimum absolute atomic E-state index is 0.445. The van der Waals surface area contributed by atoms with Crippen molar-refractivity contribution in [3.8, 4) is 0 Å². The summed E-state index contributed by atoms with van der Waals surface area (Å²) in [5, 5.41) is 15.3. The maximum absolute atomic E-state index is 12.5. The van der Waals surface area contributed by atoms with Crippen LogP contribution in [0.1, 0.15) is 26.7 Å². The highest BCUT2D eigenvalue weighted by Gasteiger charge is 2.31. The van der Waals surface area contributed by atoms with Crippen molar-refractivity contribution in [1.29, 1.82) is 0 Å². The standard InChI is InChI=1S/C15H26N6O7/c1-6(2)12(15(28)19-5-11(24)25)21-14(27)8(4-10(18)23)20-13(26)7(16)3-9(17)22/h6-8,12H,3-5,16H2,1-2H3,(H2,17,22)(H2,18,23)(H,19,28)(H,20,26)(H,21,27)(H,24,25). The number of nitrogens with two attached hydrogens (primary N) is 3. The zero-order valence-electron chi connectivity index (χ0n) is 15.6. The van der Waals surface area contributed by atoms with Gasteiger partial charge in [-0.2, -0.15) is 0 Å². The molecule has 3 unspecified atom stereocenters. The molecule has 3 atom stereocenters. The first-order valence-corrected chi connectivity index (χ1v) is 8.27. The Morgan fingerprint density at radius 2 is 1.39 bits per heavy atom. The number of carboxylic acid groups (broad SMARTS) is 1. The second-order valence-electron chi connectivity index (χ2n) is 6.35. The van der Waals surface area contributed by atoms with E-state index in [1.165, 1.54) is 0 Å². The van der Waals surface area contributed by atoms with Crippen LogP contribution in [0.3, 0.4) is 0 Å². The quantitative estimate of drug-likeness (QED) is 0.169. The van der Waals surface area contributed by atoms with Crippen molar-refractivity contribution in [2.45, 2.75) is 44.8 Å². The molecule has 0 saturated heterocycles. The van der Waals surface area contributed by atoms with E-state index >= 15 is 0 Å². The molecule has 13 heteroatoms. The van der Waals surface area contributed by atoms with Crippen LogP contribution in [0.2, 0.25) is 0 Å². The zero-order chi connectivity index (χ0) is 22.0. The van der Waals surface area contributed by atoms with E-state index < -0.39 is 78.9 Å². The van der Waals surface area contributed by atoms with Gasteiger partial charge < -0.3 is 38.3 Å². The van der Waals surface area contributed by atoms with Crippen LogP contribution in [0.25, 0.3) is 0 Å². The summed E-state index contributed by atoms with van der Waals surface area (Å²) in [4.78, 5) is 69.1. The highest BCUT2D eigenvalue weighted by Crippen LogP contribution is 2.04. The fourth-order valence-corrected chi connectivity index (χ4v) is 2.06. The van der Waals surface area contributed by atoms with Crippen molar-refractivity contribution in [2.75, 3.05) is 6.54 Å². The third-order valence-corrected chi connectivity index (χ3v) is 3.46. The summed E-state index contributed by atoms with van der Waals surface area (Å²) in [5.41, 5.74) is 15.5. The Morgan fingerprint density at radius 1 is 0.857 bits per heavy atom. The minimum atomic E-state index is -1.46. The molecule has 0 rings (SSSR count). The van der Waals surface area contributed by atoms with Gasteiger partial charge in [-0.1, -0.05) is 13.8 Å². The summed E-state index contributed by atoms with van der Waals surface area (Å²) in [6.07, 6.45) is -1.08. The fourth-order valence-electron chi connectivity index (χ4n) is 2.06. The SMILES string of the molecule is CC(C)C(NC(=O)C(CC(N)=O)NC(=O)C(N)CC(N)=O)C(=O)NCC(=O)O. The first kappa shape index (κ1) is 24.8. The molecule has 0 aliphatic carbocycles. The largest absolute Gasteiger partial charge is 0.480 e. The monoisotopic (exact) mass is 402 g/mol. The number of primary amides is 2. The maximum atomic E-state index is 12.5. The lowest BCUT2D eigenvalue weighted by atomic mass is 10.0. The average molecular weight is 402 g/mol. The normalized spacial score (nSPS) is 13.7. The minimum Gasteiger partial charge on any atom is -0.480 e. The highest BCUT2D eigenvalue weighted by atomic mass is 16.4. The number of hydrogen-bond donors (Lipinski definition) is 7. The average Bonchev–Trinajstić information content (AvgIpc) is 2.55. The van der Waals surface area contributed by atoms with Crippen LogP contribution in [0.15, 0.2) is 0 Å². The molecule has 5 amide bonds. The number of carboxylic acids is 1. The van der Waals surface area contributed by atoms with Gasteiger partial charge >= 0.3 is 5.97 Å². The molecular formula is C15H26N6O7. The first-order valence-electron chi connectivity index (χ1n) is 8.27. The predicted molar refractivity (Wildman–Crippen MR) is 94.9 cm³/mol. The summed E-state index contributed by atoms with van der Waals surface area (Å²) in [6, 6.07) is -3.95. The number of hydrogen-bond acceptors (Lipinski definition) is 7. The van der Waals surface area contributed by atoms with Crippen LogP contribution in [-0.4, -0.2) is 65.3 Å². The van der Waals surface area contributed by atoms with E-state index in [2.05, 4.69) is 16.0 Å². The summed E-state index contributed by atoms with van der Waals surface area (Å²) in [6.45, 7) is 2.53. The van der Waals surface area contributed by atoms with Crippen molar-refractivity contribution >= 4 is 35.5 Å². The lowest BCUT2D eigenvalue weighted by Crippen LogP contribution is -2.58. The Morgan fingerprint density at radius 3 is 1.82 bits per heavy atom. The van der Waals surface area contributed by atoms with E-state index in [1.54, 1.807) is 13.8 Å². The topological polar surface area (TPSA) is 237 Å². The Bertz CT molecular complexity index is 636. The number of carbonyl (C=O) groups excluding carboxylic acids is 5. The maximum Gasteiger partial charge on any atom is 0.322 e. The molecule has 0 aromatic rings. The number of rotatable bonds is 12. The van der Waals surface area contributed by atoms with Gasteiger partial charge in [0.1, 0.15) is 18.6 Å². The number of amides is 5. The number of nitrogens with one attached hydrogen (secondary N) is 3. The Kier molecular flexibility index (Phi) is 10.2. The molecule has 10 N–H and O–H groups in total. The second-order valence-corrected chi connectivity index (χ2v) is 6.35. The lowest BCUT2D eigenvalue weighted by Gasteiger charge is -2.25. The van der Waals surface area contributed by atoms with E-state index in [-0.39, 0.29) is 0 Å². The highest BCUT2D eigenvalue weighted by molar-refractivity contribution is 5.96. The molecule has 158 valence electrons. The van der Waals surface area contributed by atoms with Crippen molar-refractivity contribution in [3.05, 3.63) is 0 Å². The number of carbonyl (C=O) groups is 6. The molecule has 0 bridgehead atoms. The van der Waals surface area contributed by atoms with Crippen LogP contribution in [-0.2, 0) is 28.8 Å². The van der Waals surface area contributed by atoms with Crippen LogP contribution >= 0.6 is 0 Å². The van der Waals surface area contributed by atoms with Crippen molar-refractivity contribution in [2.24, 2.45) is 23.1 Å². The summed E-state index contributed by atoms with van der Waals surface area (Å²) >= 11 is 0. The molecular weight excluding hydrogens is 376 g/mol. The van der Waals surface area contributed by atoms with Crippen molar-refractivity contribution < 1.29 is 33.9 Å². The molecule has 0 aromatic carbocycles. The molecule has 28 heavy (non-hydrogen) atoms. The Hall–Kier alpha value is -3.22. The fraction of sp³-hybridized carbons (Fsp3) is 0.600. The molecule has 0 aliphatic heterocycles. The van der Waals surface area contributed by atoms with E-state index in [1.807, 2.05) is 0 Å². The molecule has 0 spiro atoms. The smallest absolute Gasteiger partial charge is 0.322 e. The van der Waals surface area contributed by atoms with Crippen LogP contribution in [0.5, 0.6) is 0 Å². The van der Waals surface area contributed by atoms with E-state index in [9.17, 15) is 28.8 Å². The van der Waals surface area contributed by atoms with Gasteiger partial charge in [0.05, 0.1) is 18.9 Å². The van der Waals surface area contributed by atoms with Gasteiger partial charge in [0, 0.05) is 0 Å². The molecule has 0 radical (unpaired) electrons. The zero-order valence-corrected chi connectivity index (χ0v) is 15.6. The van der Waals surface area contributed by atoms with Crippen molar-refractivity contribution in [3.63, 3.8) is 0 Å². The van der Waals surface area contributed by atoms with Gasteiger partial charge in [-0.25, -0.2) is 0 Å². The molecule has 13 nitrogen and oxygen atoms in total. The van der Waals surface area contributed by atoms with E-state index in [4.69, 9.17) is 22.3 Å². The van der Waals surface area contributed by atoms with Crippen LogP contribution in [0.4, 0.5) is 0 Å². The van der Waals surface area contributed by atoms with Gasteiger partial charge in [-0.3, -0.25) is 28.8 Å². The predicted octanol–water partition coefficient (Wildman–Crippen LogP) is -4.11. The summed E-state index contributed by atoms with van der Waals surface area (Å²) < 4.78 is 0. The molecule has 0 aromatic heterocycles. The molecule has 0 fully saturated rings. The first-order chi connectivity index (χ1) is 12.8. The Balaban J connectivity index is 5.22. The van der Waals surface area contributed by atoms with E-state index in [0.29, 0.717) is 0 Å². The van der Waals surface area contributed by atoms with Crippen LogP contribution in [0, 0.1) is 5.92 Å². The molecule has 0 saturated carbocycles. The number of aliphatic carboxylic acids is 1. The van der Waals surface area contributed by atoms with Gasteiger partial charge in [0.15, 0.2) is 0 Å². The Labute approximate surface area is 160 Å². The van der Waals surface area contributed by atoms with E-state index in [0.717, 1.165) is 0 Å². The summed E-state index contributed by atoms with van der Waals surface area (Å²) in [7, 11) is 0. The molecule has 0 aliphatic rings. The summed E-state index contributed by atoms with van der Waals surface area (Å²) in [5.74, 6) is -6.07. The van der Waals surface area contributed by atoms with Gasteiger partial charge in [0.25, 0.3) is 0 Å². The van der Waals surface area contributed by atoms with Gasteiger partial charge in [0.2, 0.25) is 29.5 Å². The lowest BCUT2D eigenvalue weighted by molar-refractivity contribution is -0.139. The van der Waals surface area contributed by atoms with Gasteiger partial charge in [-0.15, -0.1) is 0 Å². The van der Waals surface area contributed by atoms with Crippen molar-refractivity contribution in [1.82, 2.24) is 16.0 Å². The second kappa shape index (κ2) is 11.5.